The molecular weight excluding hydrogens is 150 g/mol. The molecule has 0 heterocycles. The highest BCUT2D eigenvalue weighted by atomic mass is 16.4. The highest BCUT2D eigenvalue weighted by Crippen LogP contribution is 1.61. The van der Waals surface area contributed by atoms with Gasteiger partial charge >= 0.3 is 5.97 Å². The molecule has 0 saturated carbocycles. The van der Waals surface area contributed by atoms with E-state index in [1.165, 1.54) is 0 Å². The molecule has 0 atom stereocenters. The fourth-order valence-electron chi connectivity index (χ4n) is 0.311. The third-order valence-electron chi connectivity index (χ3n) is 0.646. The maximum absolute atomic E-state index is 9.92. The van der Waals surface area contributed by atoms with Crippen LogP contribution in [0.1, 0.15) is 0 Å². The molecular formula is C4H10N5O2. The Morgan fingerprint density at radius 3 is 2.82 bits per heavy atom. The van der Waals surface area contributed by atoms with Crippen LogP contribution in [0.5, 0.6) is 0 Å². The molecule has 0 spiro atoms. The van der Waals surface area contributed by atoms with Gasteiger partial charge in [-0.1, -0.05) is 0 Å². The average molecular weight is 160 g/mol. The maximum Gasteiger partial charge on any atom is 0.324 e. The molecule has 0 aromatic rings. The second kappa shape index (κ2) is 5.30. The number of hydrogen-bond donors (Lipinski definition) is 5. The molecule has 7 nitrogen and oxygen atoms in total. The fraction of sp³-hybridized carbons (Fsp3) is 0.250. The number of nitrogens with one attached hydrogen (secondary N) is 3. The summed E-state index contributed by atoms with van der Waals surface area (Å²) in [6.45, 7) is -0.278. The zero-order chi connectivity index (χ0) is 8.69. The van der Waals surface area contributed by atoms with E-state index in [0.29, 0.717) is 0 Å². The van der Waals surface area contributed by atoms with Gasteiger partial charge in [-0.2, -0.15) is 0 Å². The topological polar surface area (TPSA) is 112 Å². The molecule has 0 aromatic carbocycles. The molecule has 0 unspecified atom stereocenters. The molecule has 0 amide bonds. The summed E-state index contributed by atoms with van der Waals surface area (Å²) in [6, 6.07) is 0. The van der Waals surface area contributed by atoms with Crippen molar-refractivity contribution in [3.05, 3.63) is 7.05 Å². The summed E-state index contributed by atoms with van der Waals surface area (Å²) in [6.07, 6.45) is 0. The van der Waals surface area contributed by atoms with Crippen molar-refractivity contribution in [2.75, 3.05) is 6.54 Å². The first-order chi connectivity index (χ1) is 5.16. The summed E-state index contributed by atoms with van der Waals surface area (Å²) in [5.41, 5.74) is 11.9. The second-order valence-electron chi connectivity index (χ2n) is 1.53. The Labute approximate surface area is 63.6 Å². The number of carboxylic acids is 1. The molecule has 0 fully saturated rings. The van der Waals surface area contributed by atoms with Crippen LogP contribution < -0.4 is 22.0 Å². The van der Waals surface area contributed by atoms with E-state index in [1.807, 2.05) is 0 Å². The number of hydrazone groups is 1. The highest BCUT2D eigenvalue weighted by molar-refractivity contribution is 5.77. The summed E-state index contributed by atoms with van der Waals surface area (Å²) >= 11 is 0. The number of hydrazine groups is 1. The number of carboxylic acid groups (broad SMARTS) is 1. The zero-order valence-corrected chi connectivity index (χ0v) is 5.79. The Morgan fingerprint density at radius 1 is 1.73 bits per heavy atom. The third kappa shape index (κ3) is 6.38. The van der Waals surface area contributed by atoms with E-state index in [2.05, 4.69) is 28.4 Å². The van der Waals surface area contributed by atoms with Crippen LogP contribution in [-0.2, 0) is 4.79 Å². The van der Waals surface area contributed by atoms with E-state index in [4.69, 9.17) is 10.8 Å². The first kappa shape index (κ1) is 9.50. The zero-order valence-electron chi connectivity index (χ0n) is 5.79. The first-order valence-electron chi connectivity index (χ1n) is 2.72. The van der Waals surface area contributed by atoms with Crippen LogP contribution in [0.15, 0.2) is 5.10 Å². The predicted molar refractivity (Wildman–Crippen MR) is 38.9 cm³/mol. The summed E-state index contributed by atoms with van der Waals surface area (Å²) in [7, 11) is 3.20. The summed E-state index contributed by atoms with van der Waals surface area (Å²) in [5, 5.41) is 11.5. The minimum atomic E-state index is -1.01. The van der Waals surface area contributed by atoms with E-state index in [1.54, 1.807) is 0 Å². The van der Waals surface area contributed by atoms with Crippen LogP contribution in [0.25, 0.3) is 0 Å². The number of rotatable bonds is 4. The van der Waals surface area contributed by atoms with Crippen molar-refractivity contribution in [1.82, 2.24) is 16.3 Å². The van der Waals surface area contributed by atoms with Gasteiger partial charge in [-0.15, -0.1) is 5.10 Å². The van der Waals surface area contributed by atoms with Gasteiger partial charge in [0.1, 0.15) is 6.54 Å². The van der Waals surface area contributed by atoms with E-state index >= 15 is 0 Å². The molecule has 6 N–H and O–H groups in total. The highest BCUT2D eigenvalue weighted by Gasteiger charge is 1.92. The Bertz CT molecular complexity index is 157. The van der Waals surface area contributed by atoms with Gasteiger partial charge in [-0.3, -0.25) is 15.6 Å². The SMILES string of the molecule is [CH2]NN/C(N)=N\NCC(=O)O. The molecule has 11 heavy (non-hydrogen) atoms. The largest absolute Gasteiger partial charge is 0.480 e. The van der Waals surface area contributed by atoms with Crippen molar-refractivity contribution in [2.24, 2.45) is 10.8 Å². The number of carbonyl (C=O) groups is 1. The van der Waals surface area contributed by atoms with Crippen molar-refractivity contribution in [1.29, 1.82) is 0 Å². The summed E-state index contributed by atoms with van der Waals surface area (Å²) < 4.78 is 0. The van der Waals surface area contributed by atoms with Gasteiger partial charge in [-0.05, 0) is 0 Å². The molecule has 0 bridgehead atoms. The standard InChI is InChI=1S/C4H10N5O2/c1-6-8-4(5)9-7-2-3(10)11/h6-7H,1-2H2,(H,10,11)(H3,5,8,9). The minimum absolute atomic E-state index is 0.0150. The van der Waals surface area contributed by atoms with Crippen LogP contribution in [0.4, 0.5) is 0 Å². The maximum atomic E-state index is 9.92. The predicted octanol–water partition coefficient (Wildman–Crippen LogP) is -2.22. The number of hydrogen-bond acceptors (Lipinski definition) is 4. The molecule has 63 valence electrons. The van der Waals surface area contributed by atoms with Crippen LogP contribution in [0.3, 0.4) is 0 Å². The molecule has 0 aromatic heterocycles. The summed E-state index contributed by atoms with van der Waals surface area (Å²) in [5.74, 6) is -0.995. The minimum Gasteiger partial charge on any atom is -0.480 e. The smallest absolute Gasteiger partial charge is 0.324 e. The Kier molecular flexibility index (Phi) is 4.58. The molecule has 0 aliphatic carbocycles. The van der Waals surface area contributed by atoms with Crippen LogP contribution in [0.2, 0.25) is 0 Å². The number of nitrogens with zero attached hydrogens (tertiary/aromatic N) is 1. The molecule has 7 heteroatoms. The molecule has 0 rings (SSSR count). The fourth-order valence-corrected chi connectivity index (χ4v) is 0.311. The lowest BCUT2D eigenvalue weighted by Crippen LogP contribution is -2.40. The number of aliphatic carboxylic acids is 1. The van der Waals surface area contributed by atoms with Crippen LogP contribution in [-0.4, -0.2) is 23.6 Å². The molecule has 0 aliphatic heterocycles. The molecule has 0 aliphatic rings. The van der Waals surface area contributed by atoms with Gasteiger partial charge < -0.3 is 10.8 Å². The Hall–Kier alpha value is -1.50. The van der Waals surface area contributed by atoms with Crippen LogP contribution in [0, 0.1) is 7.05 Å². The van der Waals surface area contributed by atoms with Gasteiger partial charge in [-0.25, -0.2) is 5.43 Å². The molecule has 1 radical (unpaired) electrons. The monoisotopic (exact) mass is 160 g/mol. The van der Waals surface area contributed by atoms with Gasteiger partial charge in [0.05, 0.1) is 0 Å². The lowest BCUT2D eigenvalue weighted by molar-refractivity contribution is -0.135. The van der Waals surface area contributed by atoms with E-state index in [-0.39, 0.29) is 12.5 Å². The summed E-state index contributed by atoms with van der Waals surface area (Å²) in [4.78, 5) is 9.92. The lowest BCUT2D eigenvalue weighted by Gasteiger charge is -2.01. The average Bonchev–Trinajstić information content (AvgIpc) is 1.87. The van der Waals surface area contributed by atoms with Crippen molar-refractivity contribution in [3.8, 4) is 0 Å². The number of guanidine groups is 1. The van der Waals surface area contributed by atoms with Gasteiger partial charge in [0.2, 0.25) is 5.96 Å². The van der Waals surface area contributed by atoms with Gasteiger partial charge in [0.25, 0.3) is 0 Å². The van der Waals surface area contributed by atoms with Crippen LogP contribution >= 0.6 is 0 Å². The third-order valence-corrected chi connectivity index (χ3v) is 0.646. The number of nitrogens with two attached hydrogens (primary N) is 1. The normalized spacial score (nSPS) is 10.8. The molecule has 0 saturated heterocycles. The van der Waals surface area contributed by atoms with E-state index in [9.17, 15) is 4.79 Å². The quantitative estimate of drug-likeness (QED) is 0.181. The van der Waals surface area contributed by atoms with Gasteiger partial charge in [0.15, 0.2) is 0 Å². The Morgan fingerprint density at radius 2 is 2.36 bits per heavy atom. The second-order valence-corrected chi connectivity index (χ2v) is 1.53. The van der Waals surface area contributed by atoms with Crippen molar-refractivity contribution >= 4 is 11.9 Å². The lowest BCUT2D eigenvalue weighted by atomic mass is 10.7. The van der Waals surface area contributed by atoms with Gasteiger partial charge in [0, 0.05) is 7.05 Å². The van der Waals surface area contributed by atoms with Crippen molar-refractivity contribution < 1.29 is 9.90 Å². The van der Waals surface area contributed by atoms with Crippen molar-refractivity contribution in [3.63, 3.8) is 0 Å². The van der Waals surface area contributed by atoms with E-state index in [0.717, 1.165) is 0 Å². The van der Waals surface area contributed by atoms with E-state index < -0.39 is 5.97 Å². The van der Waals surface area contributed by atoms with Crippen molar-refractivity contribution in [2.45, 2.75) is 0 Å². The first-order valence-corrected chi connectivity index (χ1v) is 2.72. The Balaban J connectivity index is 3.47.